The van der Waals surface area contributed by atoms with E-state index in [9.17, 15) is 8.42 Å². The van der Waals surface area contributed by atoms with Gasteiger partial charge in [-0.2, -0.15) is 0 Å². The molecule has 7 heteroatoms. The third kappa shape index (κ3) is 3.57. The van der Waals surface area contributed by atoms with Gasteiger partial charge in [0.15, 0.2) is 0 Å². The second-order valence-corrected chi connectivity index (χ2v) is 8.30. The minimum atomic E-state index is -3.41. The number of imidazole rings is 1. The Morgan fingerprint density at radius 3 is 2.96 bits per heavy atom. The van der Waals surface area contributed by atoms with E-state index >= 15 is 0 Å². The summed E-state index contributed by atoms with van der Waals surface area (Å²) < 4.78 is 29.9. The van der Waals surface area contributed by atoms with E-state index in [0.717, 1.165) is 41.7 Å². The molecule has 0 radical (unpaired) electrons. The molecular weight excluding hydrogens is 336 g/mol. The zero-order valence-corrected chi connectivity index (χ0v) is 14.6. The minimum Gasteiger partial charge on any atom is -0.335 e. The molecule has 3 aromatic rings. The lowest BCUT2D eigenvalue weighted by Gasteiger charge is -2.23. The number of sulfonamides is 1. The number of benzene rings is 1. The molecule has 0 bridgehead atoms. The third-order valence-electron chi connectivity index (χ3n) is 4.70. The van der Waals surface area contributed by atoms with Gasteiger partial charge in [-0.3, -0.25) is 4.98 Å². The Balaban J connectivity index is 1.44. The number of fused-ring (bicyclic) bond motifs is 2. The zero-order chi connectivity index (χ0) is 17.3. The molecule has 2 aromatic heterocycles. The number of aryl methyl sites for hydroxylation is 1. The lowest BCUT2D eigenvalue weighted by molar-refractivity contribution is 0.379. The fourth-order valence-electron chi connectivity index (χ4n) is 3.37. The average Bonchev–Trinajstić information content (AvgIpc) is 3.08. The van der Waals surface area contributed by atoms with Gasteiger partial charge in [-0.15, -0.1) is 0 Å². The Bertz CT molecular complexity index is 992. The van der Waals surface area contributed by atoms with Crippen LogP contribution in [0, 0.1) is 5.92 Å². The van der Waals surface area contributed by atoms with E-state index in [1.807, 2.05) is 36.5 Å². The summed E-state index contributed by atoms with van der Waals surface area (Å²) in [6.45, 7) is 1.35. The molecule has 0 spiro atoms. The number of hydrogen-bond donors (Lipinski definition) is 1. The van der Waals surface area contributed by atoms with E-state index in [-0.39, 0.29) is 11.7 Å². The highest BCUT2D eigenvalue weighted by molar-refractivity contribution is 7.88. The van der Waals surface area contributed by atoms with Crippen molar-refractivity contribution < 1.29 is 8.42 Å². The maximum Gasteiger partial charge on any atom is 0.215 e. The molecule has 3 heterocycles. The van der Waals surface area contributed by atoms with Crippen molar-refractivity contribution in [2.75, 3.05) is 6.54 Å². The van der Waals surface area contributed by atoms with E-state index < -0.39 is 10.0 Å². The van der Waals surface area contributed by atoms with Crippen LogP contribution >= 0.6 is 0 Å². The number of nitrogens with zero attached hydrogens (tertiary/aromatic N) is 3. The lowest BCUT2D eigenvalue weighted by Crippen LogP contribution is -2.33. The number of rotatable bonds is 5. The van der Waals surface area contributed by atoms with Gasteiger partial charge in [-0.1, -0.05) is 24.3 Å². The van der Waals surface area contributed by atoms with Crippen LogP contribution in [0.15, 0.2) is 48.9 Å². The highest BCUT2D eigenvalue weighted by atomic mass is 32.2. The van der Waals surface area contributed by atoms with Gasteiger partial charge >= 0.3 is 0 Å². The number of hydrogen-bond acceptors (Lipinski definition) is 4. The van der Waals surface area contributed by atoms with Crippen molar-refractivity contribution in [2.45, 2.75) is 25.1 Å². The van der Waals surface area contributed by atoms with Gasteiger partial charge < -0.3 is 4.57 Å². The first-order valence-corrected chi connectivity index (χ1v) is 10.1. The van der Waals surface area contributed by atoms with Crippen LogP contribution in [0.1, 0.15) is 17.8 Å². The minimum absolute atomic E-state index is 0.0529. The second-order valence-electron chi connectivity index (χ2n) is 6.50. The molecule has 0 fully saturated rings. The van der Waals surface area contributed by atoms with Crippen molar-refractivity contribution in [3.8, 4) is 0 Å². The number of pyridine rings is 1. The predicted molar refractivity (Wildman–Crippen MR) is 96.4 cm³/mol. The zero-order valence-electron chi connectivity index (χ0n) is 13.8. The molecule has 0 saturated heterocycles. The topological polar surface area (TPSA) is 76.9 Å². The Kier molecular flexibility index (Phi) is 4.27. The molecule has 0 saturated carbocycles. The molecular formula is C18H20N4O2S. The van der Waals surface area contributed by atoms with Crippen molar-refractivity contribution >= 4 is 20.9 Å². The van der Waals surface area contributed by atoms with Crippen LogP contribution in [-0.2, 0) is 28.7 Å². The molecule has 4 rings (SSSR count). The van der Waals surface area contributed by atoms with E-state index in [4.69, 9.17) is 0 Å². The fraction of sp³-hybridized carbons (Fsp3) is 0.333. The average molecular weight is 356 g/mol. The molecule has 130 valence electrons. The van der Waals surface area contributed by atoms with E-state index in [0.29, 0.717) is 6.54 Å². The predicted octanol–water partition coefficient (Wildman–Crippen LogP) is 2.11. The Morgan fingerprint density at radius 1 is 1.16 bits per heavy atom. The molecule has 1 N–H and O–H groups in total. The van der Waals surface area contributed by atoms with Crippen molar-refractivity contribution in [1.82, 2.24) is 19.3 Å². The summed E-state index contributed by atoms with van der Waals surface area (Å²) in [5.74, 6) is 1.27. The molecule has 0 unspecified atom stereocenters. The molecule has 1 aromatic carbocycles. The monoisotopic (exact) mass is 356 g/mol. The maximum atomic E-state index is 12.5. The maximum absolute atomic E-state index is 12.5. The van der Waals surface area contributed by atoms with Crippen LogP contribution in [0.2, 0.25) is 0 Å². The summed E-state index contributed by atoms with van der Waals surface area (Å²) in [6, 6.07) is 9.43. The molecule has 1 aliphatic heterocycles. The number of aromatic nitrogens is 3. The van der Waals surface area contributed by atoms with Gasteiger partial charge in [0.25, 0.3) is 0 Å². The van der Waals surface area contributed by atoms with E-state index in [1.54, 1.807) is 12.4 Å². The van der Waals surface area contributed by atoms with Crippen LogP contribution in [0.5, 0.6) is 0 Å². The number of nitrogens with one attached hydrogen (secondary N) is 1. The first-order valence-electron chi connectivity index (χ1n) is 8.41. The highest BCUT2D eigenvalue weighted by Crippen LogP contribution is 2.20. The van der Waals surface area contributed by atoms with Gasteiger partial charge in [0, 0.05) is 43.5 Å². The first kappa shape index (κ1) is 16.2. The molecule has 1 atom stereocenters. The summed E-state index contributed by atoms with van der Waals surface area (Å²) in [7, 11) is -3.41. The highest BCUT2D eigenvalue weighted by Gasteiger charge is 2.21. The molecule has 6 nitrogen and oxygen atoms in total. The van der Waals surface area contributed by atoms with Crippen LogP contribution in [-0.4, -0.2) is 29.5 Å². The third-order valence-corrected chi connectivity index (χ3v) is 6.00. The largest absolute Gasteiger partial charge is 0.335 e. The summed E-state index contributed by atoms with van der Waals surface area (Å²) >= 11 is 0. The molecule has 1 aliphatic rings. The van der Waals surface area contributed by atoms with Crippen LogP contribution in [0.25, 0.3) is 10.9 Å². The van der Waals surface area contributed by atoms with Crippen LogP contribution in [0.4, 0.5) is 0 Å². The van der Waals surface area contributed by atoms with Crippen molar-refractivity contribution in [3.63, 3.8) is 0 Å². The molecule has 0 aliphatic carbocycles. The van der Waals surface area contributed by atoms with Crippen molar-refractivity contribution in [3.05, 3.63) is 60.3 Å². The summed E-state index contributed by atoms with van der Waals surface area (Å²) in [5, 5.41) is 0.953. The van der Waals surface area contributed by atoms with Crippen molar-refractivity contribution in [1.29, 1.82) is 0 Å². The number of para-hydroxylation sites is 1. The summed E-state index contributed by atoms with van der Waals surface area (Å²) in [4.78, 5) is 8.66. The molecule has 0 amide bonds. The van der Waals surface area contributed by atoms with Gasteiger partial charge in [-0.25, -0.2) is 18.1 Å². The van der Waals surface area contributed by atoms with Crippen LogP contribution in [0.3, 0.4) is 0 Å². The quantitative estimate of drug-likeness (QED) is 0.760. The smallest absolute Gasteiger partial charge is 0.215 e. The normalized spacial score (nSPS) is 17.5. The molecule has 25 heavy (non-hydrogen) atoms. The summed E-state index contributed by atoms with van der Waals surface area (Å²) in [5.41, 5.74) is 1.47. The fourth-order valence-corrected chi connectivity index (χ4v) is 4.61. The van der Waals surface area contributed by atoms with E-state index in [2.05, 4.69) is 19.3 Å². The first-order chi connectivity index (χ1) is 12.1. The van der Waals surface area contributed by atoms with Gasteiger partial charge in [-0.05, 0) is 24.0 Å². The lowest BCUT2D eigenvalue weighted by atomic mass is 9.98. The van der Waals surface area contributed by atoms with Crippen LogP contribution < -0.4 is 4.72 Å². The standard InChI is InChI=1S/C18H20N4O2S/c23-25(24,13-16-4-1-3-15-5-2-7-20-18(15)16)21-12-14-6-9-22-10-8-19-17(22)11-14/h1-5,7-8,10,14,21H,6,9,11-13H2/t14-/m1/s1. The van der Waals surface area contributed by atoms with E-state index in [1.165, 1.54) is 0 Å². The van der Waals surface area contributed by atoms with Gasteiger partial charge in [0.05, 0.1) is 11.3 Å². The van der Waals surface area contributed by atoms with Gasteiger partial charge in [0.2, 0.25) is 10.0 Å². The SMILES string of the molecule is O=S(=O)(Cc1cccc2cccnc12)NC[C@@H]1CCn2ccnc2C1. The Hall–Kier alpha value is -2.25. The van der Waals surface area contributed by atoms with Crippen molar-refractivity contribution in [2.24, 2.45) is 5.92 Å². The Morgan fingerprint density at radius 2 is 2.04 bits per heavy atom. The summed E-state index contributed by atoms with van der Waals surface area (Å²) in [6.07, 6.45) is 7.24. The second kappa shape index (κ2) is 6.57. The Labute approximate surface area is 147 Å². The van der Waals surface area contributed by atoms with Gasteiger partial charge in [0.1, 0.15) is 5.82 Å².